The molecule has 7 heteroatoms. The van der Waals surface area contributed by atoms with Gasteiger partial charge in [0.25, 0.3) is 5.91 Å². The van der Waals surface area contributed by atoms with Gasteiger partial charge in [-0.2, -0.15) is 5.26 Å². The zero-order valence-corrected chi connectivity index (χ0v) is 12.4. The number of aliphatic carboxylic acids is 1. The number of carboxylic acid groups (broad SMARTS) is 1. The molecule has 0 aromatic heterocycles. The van der Waals surface area contributed by atoms with E-state index in [1.165, 1.54) is 0 Å². The Bertz CT molecular complexity index is 402. The van der Waals surface area contributed by atoms with E-state index in [4.69, 9.17) is 22.0 Å². The van der Waals surface area contributed by atoms with Crippen LogP contribution in [0.25, 0.3) is 0 Å². The molecule has 1 amide bonds. The van der Waals surface area contributed by atoms with Gasteiger partial charge >= 0.3 is 5.97 Å². The highest BCUT2D eigenvalue weighted by atomic mass is 35.5. The molecule has 0 radical (unpaired) electrons. The van der Waals surface area contributed by atoms with Gasteiger partial charge in [0.2, 0.25) is 0 Å². The SMILES string of the molecule is CC(C)CC(N/C=C(/C#N)C(=O)NCCCCl)C(=O)O. The van der Waals surface area contributed by atoms with Crippen molar-refractivity contribution in [2.75, 3.05) is 12.4 Å². The lowest BCUT2D eigenvalue weighted by Crippen LogP contribution is -2.35. The summed E-state index contributed by atoms with van der Waals surface area (Å²) in [6.07, 6.45) is 2.15. The molecule has 0 bridgehead atoms. The number of carboxylic acids is 1. The minimum atomic E-state index is -1.02. The Morgan fingerprint density at radius 1 is 1.45 bits per heavy atom. The van der Waals surface area contributed by atoms with Crippen LogP contribution >= 0.6 is 11.6 Å². The number of halogens is 1. The Morgan fingerprint density at radius 3 is 2.55 bits per heavy atom. The van der Waals surface area contributed by atoms with E-state index < -0.39 is 17.9 Å². The molecule has 0 aromatic rings. The van der Waals surface area contributed by atoms with Crippen LogP contribution in [0.5, 0.6) is 0 Å². The predicted octanol–water partition coefficient (Wildman–Crippen LogP) is 1.23. The van der Waals surface area contributed by atoms with E-state index in [1.54, 1.807) is 6.07 Å². The predicted molar refractivity (Wildman–Crippen MR) is 76.1 cm³/mol. The maximum absolute atomic E-state index is 11.6. The summed E-state index contributed by atoms with van der Waals surface area (Å²) in [6, 6.07) is 0.912. The molecule has 112 valence electrons. The smallest absolute Gasteiger partial charge is 0.326 e. The summed E-state index contributed by atoms with van der Waals surface area (Å²) in [4.78, 5) is 22.6. The summed E-state index contributed by atoms with van der Waals surface area (Å²) >= 11 is 5.48. The first-order chi connectivity index (χ1) is 9.42. The molecule has 0 aliphatic heterocycles. The molecule has 6 nitrogen and oxygen atoms in total. The quantitative estimate of drug-likeness (QED) is 0.257. The summed E-state index contributed by atoms with van der Waals surface area (Å²) in [5.74, 6) is -0.965. The fourth-order valence-electron chi connectivity index (χ4n) is 1.41. The molecular formula is C13H20ClN3O3. The van der Waals surface area contributed by atoms with E-state index in [0.717, 1.165) is 6.20 Å². The van der Waals surface area contributed by atoms with Crippen LogP contribution in [0, 0.1) is 17.2 Å². The molecule has 1 unspecified atom stereocenters. The highest BCUT2D eigenvalue weighted by Crippen LogP contribution is 2.05. The number of carbonyl (C=O) groups excluding carboxylic acids is 1. The molecular weight excluding hydrogens is 282 g/mol. The van der Waals surface area contributed by atoms with Gasteiger partial charge in [-0.25, -0.2) is 4.79 Å². The number of nitrogens with one attached hydrogen (secondary N) is 2. The van der Waals surface area contributed by atoms with Crippen LogP contribution in [0.1, 0.15) is 26.7 Å². The molecule has 1 atom stereocenters. The highest BCUT2D eigenvalue weighted by molar-refractivity contribution is 6.17. The Balaban J connectivity index is 4.59. The lowest BCUT2D eigenvalue weighted by atomic mass is 10.0. The second-order valence-corrected chi connectivity index (χ2v) is 5.03. The number of hydrogen-bond donors (Lipinski definition) is 3. The largest absolute Gasteiger partial charge is 0.480 e. The summed E-state index contributed by atoms with van der Waals surface area (Å²) in [5, 5.41) is 23.1. The van der Waals surface area contributed by atoms with Crippen LogP contribution in [-0.4, -0.2) is 35.4 Å². The second-order valence-electron chi connectivity index (χ2n) is 4.66. The third kappa shape index (κ3) is 7.64. The first-order valence-corrected chi connectivity index (χ1v) is 6.89. The Hall–Kier alpha value is -1.74. The zero-order chi connectivity index (χ0) is 15.5. The van der Waals surface area contributed by atoms with Gasteiger partial charge in [0.1, 0.15) is 17.7 Å². The molecule has 0 fully saturated rings. The van der Waals surface area contributed by atoms with E-state index in [9.17, 15) is 9.59 Å². The lowest BCUT2D eigenvalue weighted by Gasteiger charge is -2.15. The van der Waals surface area contributed by atoms with Gasteiger partial charge in [-0.15, -0.1) is 11.6 Å². The molecule has 0 aliphatic rings. The number of hydrogen-bond acceptors (Lipinski definition) is 4. The molecule has 0 rings (SSSR count). The molecule has 0 saturated heterocycles. The number of alkyl halides is 1. The third-order valence-corrected chi connectivity index (χ3v) is 2.66. The van der Waals surface area contributed by atoms with Crippen molar-refractivity contribution in [3.05, 3.63) is 11.8 Å². The number of nitriles is 1. The van der Waals surface area contributed by atoms with Crippen molar-refractivity contribution < 1.29 is 14.7 Å². The van der Waals surface area contributed by atoms with Gasteiger partial charge in [0.15, 0.2) is 0 Å². The maximum atomic E-state index is 11.6. The van der Waals surface area contributed by atoms with E-state index in [2.05, 4.69) is 10.6 Å². The Kier molecular flexibility index (Phi) is 9.22. The number of amides is 1. The molecule has 20 heavy (non-hydrogen) atoms. The summed E-state index contributed by atoms with van der Waals surface area (Å²) in [7, 11) is 0. The normalized spacial score (nSPS) is 12.7. The number of carbonyl (C=O) groups is 2. The standard InChI is InChI=1S/C13H20ClN3O3/c1-9(2)6-11(13(19)20)17-8-10(7-15)12(18)16-5-3-4-14/h8-9,11,17H,3-6H2,1-2H3,(H,16,18)(H,19,20)/b10-8-. The van der Waals surface area contributed by atoms with Gasteiger partial charge in [0, 0.05) is 18.6 Å². The van der Waals surface area contributed by atoms with Gasteiger partial charge in [0.05, 0.1) is 0 Å². The van der Waals surface area contributed by atoms with Gasteiger partial charge in [-0.3, -0.25) is 4.79 Å². The minimum absolute atomic E-state index is 0.158. The van der Waals surface area contributed by atoms with Crippen molar-refractivity contribution >= 4 is 23.5 Å². The molecule has 0 aliphatic carbocycles. The van der Waals surface area contributed by atoms with Gasteiger partial charge < -0.3 is 15.7 Å². The van der Waals surface area contributed by atoms with Crippen molar-refractivity contribution in [3.8, 4) is 6.07 Å². The van der Waals surface area contributed by atoms with Crippen LogP contribution in [0.15, 0.2) is 11.8 Å². The molecule has 3 N–H and O–H groups in total. The zero-order valence-electron chi connectivity index (χ0n) is 11.6. The van der Waals surface area contributed by atoms with Crippen LogP contribution in [-0.2, 0) is 9.59 Å². The number of rotatable bonds is 9. The first-order valence-electron chi connectivity index (χ1n) is 6.35. The maximum Gasteiger partial charge on any atom is 0.326 e. The average Bonchev–Trinajstić information content (AvgIpc) is 2.37. The van der Waals surface area contributed by atoms with Gasteiger partial charge in [-0.05, 0) is 18.8 Å². The Labute approximate surface area is 123 Å². The molecule has 0 saturated carbocycles. The fraction of sp³-hybridized carbons (Fsp3) is 0.615. The Morgan fingerprint density at radius 2 is 2.10 bits per heavy atom. The monoisotopic (exact) mass is 301 g/mol. The molecule has 0 aromatic carbocycles. The van der Waals surface area contributed by atoms with Crippen molar-refractivity contribution in [2.45, 2.75) is 32.7 Å². The highest BCUT2D eigenvalue weighted by Gasteiger charge is 2.18. The van der Waals surface area contributed by atoms with Crippen molar-refractivity contribution in [1.29, 1.82) is 5.26 Å². The summed E-state index contributed by atoms with van der Waals surface area (Å²) < 4.78 is 0. The topological polar surface area (TPSA) is 102 Å². The van der Waals surface area contributed by atoms with Crippen molar-refractivity contribution in [3.63, 3.8) is 0 Å². The molecule has 0 spiro atoms. The van der Waals surface area contributed by atoms with Crippen LogP contribution in [0.2, 0.25) is 0 Å². The van der Waals surface area contributed by atoms with Crippen LogP contribution in [0.4, 0.5) is 0 Å². The van der Waals surface area contributed by atoms with E-state index >= 15 is 0 Å². The van der Waals surface area contributed by atoms with E-state index in [0.29, 0.717) is 25.3 Å². The van der Waals surface area contributed by atoms with E-state index in [1.807, 2.05) is 13.8 Å². The van der Waals surface area contributed by atoms with Crippen molar-refractivity contribution in [1.82, 2.24) is 10.6 Å². The average molecular weight is 302 g/mol. The second kappa shape index (κ2) is 10.1. The van der Waals surface area contributed by atoms with Crippen LogP contribution in [0.3, 0.4) is 0 Å². The molecule has 0 heterocycles. The summed E-state index contributed by atoms with van der Waals surface area (Å²) in [6.45, 7) is 4.16. The minimum Gasteiger partial charge on any atom is -0.480 e. The van der Waals surface area contributed by atoms with Crippen LogP contribution < -0.4 is 10.6 Å². The van der Waals surface area contributed by atoms with Gasteiger partial charge in [-0.1, -0.05) is 13.8 Å². The van der Waals surface area contributed by atoms with Crippen molar-refractivity contribution in [2.24, 2.45) is 5.92 Å². The number of nitrogens with zero attached hydrogens (tertiary/aromatic N) is 1. The lowest BCUT2D eigenvalue weighted by molar-refractivity contribution is -0.139. The fourth-order valence-corrected chi connectivity index (χ4v) is 1.54. The summed E-state index contributed by atoms with van der Waals surface area (Å²) in [5.41, 5.74) is -0.158. The van der Waals surface area contributed by atoms with E-state index in [-0.39, 0.29) is 11.5 Å². The third-order valence-electron chi connectivity index (χ3n) is 2.40. The first kappa shape index (κ1) is 18.3.